The molecule has 36 heavy (non-hydrogen) atoms. The molecule has 0 aliphatic carbocycles. The van der Waals surface area contributed by atoms with E-state index < -0.39 is 0 Å². The average Bonchev–Trinajstić information content (AvgIpc) is 3.31. The molecule has 0 unspecified atom stereocenters. The van der Waals surface area contributed by atoms with Crippen LogP contribution in [0, 0.1) is 0 Å². The van der Waals surface area contributed by atoms with Crippen LogP contribution in [0.4, 0.5) is 5.69 Å². The molecule has 0 aliphatic rings. The van der Waals surface area contributed by atoms with Crippen molar-refractivity contribution < 1.29 is 9.53 Å². The fourth-order valence-electron chi connectivity index (χ4n) is 3.79. The van der Waals surface area contributed by atoms with Crippen LogP contribution in [-0.4, -0.2) is 17.6 Å². The van der Waals surface area contributed by atoms with Crippen molar-refractivity contribution in [2.45, 2.75) is 11.3 Å². The number of ether oxygens (including phenoxy) is 1. The van der Waals surface area contributed by atoms with Crippen LogP contribution < -0.4 is 4.72 Å². The molecule has 5 rings (SSSR count). The highest BCUT2D eigenvalue weighted by atomic mass is 35.5. The Bertz CT molecular complexity index is 1430. The molecule has 4 nitrogen and oxygen atoms in total. The third-order valence-corrected chi connectivity index (χ3v) is 7.88. The van der Waals surface area contributed by atoms with E-state index in [4.69, 9.17) is 32.9 Å². The molecule has 0 saturated heterocycles. The lowest BCUT2D eigenvalue weighted by atomic mass is 9.93. The summed E-state index contributed by atoms with van der Waals surface area (Å²) >= 11 is 15.4. The Morgan fingerprint density at radius 1 is 0.917 bits per heavy atom. The molecule has 1 N–H and O–H groups in total. The quantitative estimate of drug-likeness (QED) is 0.161. The highest BCUT2D eigenvalue weighted by Crippen LogP contribution is 2.42. The van der Waals surface area contributed by atoms with Gasteiger partial charge in [-0.25, -0.2) is 9.78 Å². The Morgan fingerprint density at radius 3 is 2.06 bits per heavy atom. The second kappa shape index (κ2) is 10.9. The monoisotopic (exact) mass is 550 g/mol. The standard InChI is InChI=1S/C28H20Cl2N2O2S2/c1-2-34-27(33)19-15-22(17-7-11-20(29)12-8-17)26(23(16-19)18-9-13-21(30)14-10-18)32-36-28-31-24-5-3-4-6-25(24)35-28/h3-16,32H,2H2,1H3. The maximum atomic E-state index is 12.8. The molecule has 0 fully saturated rings. The minimum Gasteiger partial charge on any atom is -0.462 e. The number of para-hydroxylation sites is 1. The molecule has 5 aromatic rings. The molecule has 4 aromatic carbocycles. The van der Waals surface area contributed by atoms with Crippen LogP contribution in [-0.2, 0) is 4.74 Å². The van der Waals surface area contributed by atoms with E-state index in [1.54, 1.807) is 18.3 Å². The van der Waals surface area contributed by atoms with Crippen LogP contribution in [0.1, 0.15) is 17.3 Å². The SMILES string of the molecule is CCOC(=O)c1cc(-c2ccc(Cl)cc2)c(NSc2nc3ccccc3s2)c(-c2ccc(Cl)cc2)c1. The molecular formula is C28H20Cl2N2O2S2. The zero-order valence-corrected chi connectivity index (χ0v) is 22.3. The number of fused-ring (bicyclic) bond motifs is 1. The van der Waals surface area contributed by atoms with Gasteiger partial charge >= 0.3 is 5.97 Å². The Balaban J connectivity index is 1.66. The smallest absolute Gasteiger partial charge is 0.338 e. The van der Waals surface area contributed by atoms with Crippen molar-refractivity contribution >= 4 is 68.4 Å². The van der Waals surface area contributed by atoms with E-state index in [9.17, 15) is 4.79 Å². The van der Waals surface area contributed by atoms with Crippen molar-refractivity contribution in [2.75, 3.05) is 11.3 Å². The Kier molecular flexibility index (Phi) is 7.48. The molecule has 1 aromatic heterocycles. The fourth-order valence-corrected chi connectivity index (χ4v) is 5.85. The van der Waals surface area contributed by atoms with Crippen LogP contribution in [0.5, 0.6) is 0 Å². The summed E-state index contributed by atoms with van der Waals surface area (Å²) < 4.78 is 10.9. The molecule has 0 radical (unpaired) electrons. The second-order valence-electron chi connectivity index (χ2n) is 7.83. The number of nitrogens with one attached hydrogen (secondary N) is 1. The average molecular weight is 552 g/mol. The summed E-state index contributed by atoms with van der Waals surface area (Å²) in [4.78, 5) is 17.5. The van der Waals surface area contributed by atoms with Gasteiger partial charge in [0.2, 0.25) is 0 Å². The number of carbonyl (C=O) groups excluding carboxylic acids is 1. The molecular weight excluding hydrogens is 531 g/mol. The first-order valence-electron chi connectivity index (χ1n) is 11.2. The molecule has 0 aliphatic heterocycles. The molecule has 0 saturated carbocycles. The predicted molar refractivity (Wildman–Crippen MR) is 152 cm³/mol. The van der Waals surface area contributed by atoms with Gasteiger partial charge in [-0.3, -0.25) is 0 Å². The molecule has 0 amide bonds. The van der Waals surface area contributed by atoms with E-state index in [1.807, 2.05) is 78.9 Å². The normalized spacial score (nSPS) is 11.0. The summed E-state index contributed by atoms with van der Waals surface area (Å²) in [6.07, 6.45) is 0. The van der Waals surface area contributed by atoms with Crippen molar-refractivity contribution in [3.63, 3.8) is 0 Å². The van der Waals surface area contributed by atoms with Gasteiger partial charge < -0.3 is 9.46 Å². The van der Waals surface area contributed by atoms with Crippen molar-refractivity contribution in [2.24, 2.45) is 0 Å². The van der Waals surface area contributed by atoms with Gasteiger partial charge in [-0.15, -0.1) is 11.3 Å². The van der Waals surface area contributed by atoms with Gasteiger partial charge in [-0.1, -0.05) is 59.6 Å². The number of anilines is 1. The van der Waals surface area contributed by atoms with Crippen molar-refractivity contribution in [1.82, 2.24) is 4.98 Å². The number of nitrogens with zero attached hydrogens (tertiary/aromatic N) is 1. The summed E-state index contributed by atoms with van der Waals surface area (Å²) in [5.74, 6) is -0.381. The van der Waals surface area contributed by atoms with Gasteiger partial charge in [-0.2, -0.15) is 0 Å². The number of rotatable bonds is 7. The summed E-state index contributed by atoms with van der Waals surface area (Å²) in [7, 11) is 0. The number of hydrogen-bond acceptors (Lipinski definition) is 6. The molecule has 0 atom stereocenters. The highest BCUT2D eigenvalue weighted by molar-refractivity contribution is 8.02. The van der Waals surface area contributed by atoms with Crippen molar-refractivity contribution in [3.05, 3.63) is 101 Å². The lowest BCUT2D eigenvalue weighted by Gasteiger charge is -2.18. The molecule has 1 heterocycles. The number of carbonyl (C=O) groups is 1. The number of esters is 1. The van der Waals surface area contributed by atoms with Gasteiger partial charge in [0.1, 0.15) is 0 Å². The zero-order chi connectivity index (χ0) is 25.1. The van der Waals surface area contributed by atoms with E-state index in [1.165, 1.54) is 11.9 Å². The van der Waals surface area contributed by atoms with Crippen molar-refractivity contribution in [3.8, 4) is 22.3 Å². The maximum absolute atomic E-state index is 12.8. The third-order valence-electron chi connectivity index (χ3n) is 5.47. The minimum atomic E-state index is -0.381. The number of thiazole rings is 1. The molecule has 8 heteroatoms. The van der Waals surface area contributed by atoms with E-state index in [-0.39, 0.29) is 5.97 Å². The number of hydrogen-bond donors (Lipinski definition) is 1. The first-order chi connectivity index (χ1) is 17.5. The van der Waals surface area contributed by atoms with Gasteiger partial charge in [0.15, 0.2) is 4.34 Å². The lowest BCUT2D eigenvalue weighted by molar-refractivity contribution is 0.0526. The highest BCUT2D eigenvalue weighted by Gasteiger charge is 2.19. The predicted octanol–water partition coefficient (Wildman–Crippen LogP) is 9.23. The summed E-state index contributed by atoms with van der Waals surface area (Å²) in [6.45, 7) is 2.08. The van der Waals surface area contributed by atoms with E-state index in [2.05, 4.69) is 10.8 Å². The van der Waals surface area contributed by atoms with Crippen LogP contribution in [0.2, 0.25) is 10.0 Å². The zero-order valence-electron chi connectivity index (χ0n) is 19.1. The van der Waals surface area contributed by atoms with Crippen LogP contribution in [0.3, 0.4) is 0 Å². The number of halogens is 2. The summed E-state index contributed by atoms with van der Waals surface area (Å²) in [5, 5.41) is 1.27. The minimum absolute atomic E-state index is 0.291. The first-order valence-corrected chi connectivity index (χ1v) is 13.6. The maximum Gasteiger partial charge on any atom is 0.338 e. The van der Waals surface area contributed by atoms with Gasteiger partial charge in [-0.05, 0) is 66.6 Å². The van der Waals surface area contributed by atoms with E-state index in [0.29, 0.717) is 22.2 Å². The van der Waals surface area contributed by atoms with Crippen molar-refractivity contribution in [1.29, 1.82) is 0 Å². The van der Waals surface area contributed by atoms with Crippen LogP contribution in [0.15, 0.2) is 89.3 Å². The molecule has 0 spiro atoms. The third kappa shape index (κ3) is 5.37. The lowest BCUT2D eigenvalue weighted by Crippen LogP contribution is -2.06. The second-order valence-corrected chi connectivity index (χ2v) is 10.8. The number of benzene rings is 4. The van der Waals surface area contributed by atoms with E-state index >= 15 is 0 Å². The van der Waals surface area contributed by atoms with Gasteiger partial charge in [0.25, 0.3) is 0 Å². The first kappa shape index (κ1) is 24.7. The van der Waals surface area contributed by atoms with E-state index in [0.717, 1.165) is 42.5 Å². The molecule has 0 bridgehead atoms. The van der Waals surface area contributed by atoms with Crippen LogP contribution >= 0.6 is 46.5 Å². The Morgan fingerprint density at radius 2 is 1.50 bits per heavy atom. The Hall–Kier alpha value is -3.03. The van der Waals surface area contributed by atoms with Gasteiger partial charge in [0, 0.05) is 33.1 Å². The fraction of sp³-hybridized carbons (Fsp3) is 0.0714. The molecule has 180 valence electrons. The topological polar surface area (TPSA) is 51.2 Å². The summed E-state index contributed by atoms with van der Waals surface area (Å²) in [6, 6.07) is 26.8. The largest absolute Gasteiger partial charge is 0.462 e. The van der Waals surface area contributed by atoms with Gasteiger partial charge in [0.05, 0.1) is 28.1 Å². The van der Waals surface area contributed by atoms with Crippen LogP contribution in [0.25, 0.3) is 32.5 Å². The Labute approximate surface area is 227 Å². The summed E-state index contributed by atoms with van der Waals surface area (Å²) in [5.41, 5.74) is 5.77. The number of aromatic nitrogens is 1.